The van der Waals surface area contributed by atoms with E-state index in [0.29, 0.717) is 18.7 Å². The van der Waals surface area contributed by atoms with Gasteiger partial charge in [0.05, 0.1) is 4.92 Å². The molecule has 0 saturated carbocycles. The molecule has 0 saturated heterocycles. The SMILES string of the molecule is Cc1cc(F)ccc1CCNc1ccncc1[N+](=O)[O-]. The number of pyridine rings is 1. The first-order valence-corrected chi connectivity index (χ1v) is 6.15. The molecule has 5 nitrogen and oxygen atoms in total. The molecule has 1 aromatic heterocycles. The Morgan fingerprint density at radius 3 is 2.90 bits per heavy atom. The number of aromatic nitrogens is 1. The second-order valence-electron chi connectivity index (χ2n) is 4.40. The van der Waals surface area contributed by atoms with Crippen molar-refractivity contribution in [3.63, 3.8) is 0 Å². The lowest BCUT2D eigenvalue weighted by molar-refractivity contribution is -0.384. The standard InChI is InChI=1S/C14H14FN3O2/c1-10-8-12(15)3-2-11(10)4-7-17-13-5-6-16-9-14(13)18(19)20/h2-3,5-6,8-9H,4,7H2,1H3,(H,16,17). The van der Waals surface area contributed by atoms with Crippen LogP contribution in [-0.4, -0.2) is 16.5 Å². The Morgan fingerprint density at radius 2 is 2.20 bits per heavy atom. The highest BCUT2D eigenvalue weighted by molar-refractivity contribution is 5.59. The molecule has 0 bridgehead atoms. The van der Waals surface area contributed by atoms with E-state index in [1.54, 1.807) is 12.1 Å². The maximum atomic E-state index is 13.0. The number of aryl methyl sites for hydroxylation is 1. The molecule has 1 N–H and O–H groups in total. The summed E-state index contributed by atoms with van der Waals surface area (Å²) in [5.74, 6) is -0.260. The number of hydrogen-bond acceptors (Lipinski definition) is 4. The van der Waals surface area contributed by atoms with Crippen LogP contribution in [0.2, 0.25) is 0 Å². The molecule has 0 amide bonds. The van der Waals surface area contributed by atoms with Crippen molar-refractivity contribution in [2.45, 2.75) is 13.3 Å². The molecule has 0 fully saturated rings. The molecule has 0 radical (unpaired) electrons. The van der Waals surface area contributed by atoms with Crippen LogP contribution in [0.5, 0.6) is 0 Å². The van der Waals surface area contributed by atoms with Crippen molar-refractivity contribution in [2.75, 3.05) is 11.9 Å². The van der Waals surface area contributed by atoms with Gasteiger partial charge in [-0.1, -0.05) is 6.07 Å². The van der Waals surface area contributed by atoms with Gasteiger partial charge in [-0.2, -0.15) is 0 Å². The largest absolute Gasteiger partial charge is 0.379 e. The third-order valence-electron chi connectivity index (χ3n) is 3.01. The molecule has 6 heteroatoms. The van der Waals surface area contributed by atoms with Crippen molar-refractivity contribution in [1.29, 1.82) is 0 Å². The summed E-state index contributed by atoms with van der Waals surface area (Å²) in [6.45, 7) is 2.37. The zero-order valence-electron chi connectivity index (χ0n) is 11.0. The topological polar surface area (TPSA) is 68.1 Å². The van der Waals surface area contributed by atoms with Crippen molar-refractivity contribution in [2.24, 2.45) is 0 Å². The minimum Gasteiger partial charge on any atom is -0.379 e. The quantitative estimate of drug-likeness (QED) is 0.672. The van der Waals surface area contributed by atoms with Crippen LogP contribution in [0.3, 0.4) is 0 Å². The van der Waals surface area contributed by atoms with Gasteiger partial charge in [0, 0.05) is 12.7 Å². The van der Waals surface area contributed by atoms with E-state index in [2.05, 4.69) is 10.3 Å². The molecule has 0 aliphatic rings. The first-order valence-electron chi connectivity index (χ1n) is 6.15. The van der Waals surface area contributed by atoms with Gasteiger partial charge in [0.15, 0.2) is 0 Å². The highest BCUT2D eigenvalue weighted by Crippen LogP contribution is 2.21. The number of hydrogen-bond donors (Lipinski definition) is 1. The van der Waals surface area contributed by atoms with Crippen molar-refractivity contribution in [1.82, 2.24) is 4.98 Å². The van der Waals surface area contributed by atoms with Crippen LogP contribution < -0.4 is 5.32 Å². The minimum absolute atomic E-state index is 0.0525. The van der Waals surface area contributed by atoms with Gasteiger partial charge >= 0.3 is 5.69 Å². The Kier molecular flexibility index (Phi) is 4.24. The molecule has 20 heavy (non-hydrogen) atoms. The van der Waals surface area contributed by atoms with Crippen molar-refractivity contribution in [3.8, 4) is 0 Å². The van der Waals surface area contributed by atoms with Gasteiger partial charge < -0.3 is 5.32 Å². The van der Waals surface area contributed by atoms with Gasteiger partial charge in [-0.25, -0.2) is 4.39 Å². The Bertz CT molecular complexity index is 632. The van der Waals surface area contributed by atoms with E-state index in [9.17, 15) is 14.5 Å². The third kappa shape index (κ3) is 3.28. The second-order valence-corrected chi connectivity index (χ2v) is 4.40. The van der Waals surface area contributed by atoms with Crippen LogP contribution in [0, 0.1) is 22.9 Å². The van der Waals surface area contributed by atoms with E-state index in [0.717, 1.165) is 11.1 Å². The zero-order chi connectivity index (χ0) is 14.5. The van der Waals surface area contributed by atoms with E-state index >= 15 is 0 Å². The van der Waals surface area contributed by atoms with E-state index < -0.39 is 4.92 Å². The Hall–Kier alpha value is -2.50. The van der Waals surface area contributed by atoms with Crippen molar-refractivity contribution in [3.05, 3.63) is 63.7 Å². The van der Waals surface area contributed by atoms with Crippen molar-refractivity contribution >= 4 is 11.4 Å². The Labute approximate surface area is 115 Å². The molecule has 0 aliphatic heterocycles. The van der Waals surface area contributed by atoms with Gasteiger partial charge in [0.2, 0.25) is 0 Å². The molecule has 104 valence electrons. The second kappa shape index (κ2) is 6.10. The Morgan fingerprint density at radius 1 is 1.40 bits per heavy atom. The predicted molar refractivity (Wildman–Crippen MR) is 74.2 cm³/mol. The van der Waals surface area contributed by atoms with Gasteiger partial charge in [0.1, 0.15) is 17.7 Å². The van der Waals surface area contributed by atoms with E-state index in [1.807, 2.05) is 6.92 Å². The minimum atomic E-state index is -0.474. The lowest BCUT2D eigenvalue weighted by Crippen LogP contribution is -2.08. The fourth-order valence-corrected chi connectivity index (χ4v) is 1.95. The highest BCUT2D eigenvalue weighted by atomic mass is 19.1. The summed E-state index contributed by atoms with van der Waals surface area (Å²) in [6.07, 6.45) is 3.37. The molecule has 0 aliphatic carbocycles. The molecular weight excluding hydrogens is 261 g/mol. The predicted octanol–water partition coefficient (Wildman–Crippen LogP) is 3.09. The lowest BCUT2D eigenvalue weighted by atomic mass is 10.1. The molecule has 2 aromatic rings. The molecule has 1 aromatic carbocycles. The summed E-state index contributed by atoms with van der Waals surface area (Å²) in [6, 6.07) is 6.18. The van der Waals surface area contributed by atoms with Gasteiger partial charge in [-0.05, 0) is 42.7 Å². The average molecular weight is 275 g/mol. The number of nitrogens with zero attached hydrogens (tertiary/aromatic N) is 2. The fourth-order valence-electron chi connectivity index (χ4n) is 1.95. The monoisotopic (exact) mass is 275 g/mol. The summed E-state index contributed by atoms with van der Waals surface area (Å²) in [4.78, 5) is 14.1. The third-order valence-corrected chi connectivity index (χ3v) is 3.01. The number of rotatable bonds is 5. The van der Waals surface area contributed by atoms with Crippen LogP contribution in [-0.2, 0) is 6.42 Å². The summed E-state index contributed by atoms with van der Waals surface area (Å²) in [7, 11) is 0. The molecular formula is C14H14FN3O2. The van der Waals surface area contributed by atoms with Crippen molar-refractivity contribution < 1.29 is 9.31 Å². The smallest absolute Gasteiger partial charge is 0.310 e. The van der Waals surface area contributed by atoms with Crippen LogP contribution in [0.1, 0.15) is 11.1 Å². The first kappa shape index (κ1) is 13.9. The molecule has 2 rings (SSSR count). The average Bonchev–Trinajstić information content (AvgIpc) is 2.41. The van der Waals surface area contributed by atoms with E-state index in [1.165, 1.54) is 24.5 Å². The van der Waals surface area contributed by atoms with Crippen LogP contribution in [0.15, 0.2) is 36.7 Å². The zero-order valence-corrected chi connectivity index (χ0v) is 11.0. The summed E-state index contributed by atoms with van der Waals surface area (Å²) < 4.78 is 13.0. The number of halogens is 1. The molecule has 0 atom stereocenters. The van der Waals surface area contributed by atoms with E-state index in [4.69, 9.17) is 0 Å². The fraction of sp³-hybridized carbons (Fsp3) is 0.214. The summed E-state index contributed by atoms with van der Waals surface area (Å²) in [5, 5.41) is 13.8. The summed E-state index contributed by atoms with van der Waals surface area (Å²) >= 11 is 0. The van der Waals surface area contributed by atoms with E-state index in [-0.39, 0.29) is 11.5 Å². The number of nitro groups is 1. The normalized spacial score (nSPS) is 10.3. The van der Waals surface area contributed by atoms with Crippen LogP contribution in [0.25, 0.3) is 0 Å². The first-order chi connectivity index (χ1) is 9.58. The number of nitrogens with one attached hydrogen (secondary N) is 1. The molecule has 0 spiro atoms. The van der Waals surface area contributed by atoms with Gasteiger partial charge in [0.25, 0.3) is 0 Å². The van der Waals surface area contributed by atoms with Gasteiger partial charge in [-0.3, -0.25) is 15.1 Å². The number of anilines is 1. The lowest BCUT2D eigenvalue weighted by Gasteiger charge is -2.08. The van der Waals surface area contributed by atoms with Gasteiger partial charge in [-0.15, -0.1) is 0 Å². The molecule has 0 unspecified atom stereocenters. The Balaban J connectivity index is 2.01. The number of benzene rings is 1. The maximum absolute atomic E-state index is 13.0. The van der Waals surface area contributed by atoms with Crippen LogP contribution >= 0.6 is 0 Å². The van der Waals surface area contributed by atoms with Crippen LogP contribution in [0.4, 0.5) is 15.8 Å². The summed E-state index contributed by atoms with van der Waals surface area (Å²) in [5.41, 5.74) is 2.26. The highest BCUT2D eigenvalue weighted by Gasteiger charge is 2.12. The molecule has 1 heterocycles. The maximum Gasteiger partial charge on any atom is 0.310 e.